The molecule has 0 aliphatic heterocycles. The highest BCUT2D eigenvalue weighted by Gasteiger charge is 2.21. The largest absolute Gasteiger partial charge is 0.396 e. The number of aryl methyl sites for hydroxylation is 1. The lowest BCUT2D eigenvalue weighted by Crippen LogP contribution is -2.12. The summed E-state index contributed by atoms with van der Waals surface area (Å²) in [6.45, 7) is 3.06. The van der Waals surface area contributed by atoms with Gasteiger partial charge in [-0.25, -0.2) is 0 Å². The van der Waals surface area contributed by atoms with Crippen LogP contribution in [0.3, 0.4) is 0 Å². The summed E-state index contributed by atoms with van der Waals surface area (Å²) in [4.78, 5) is 0. The van der Waals surface area contributed by atoms with E-state index in [2.05, 4.69) is 16.7 Å². The van der Waals surface area contributed by atoms with Crippen LogP contribution >= 0.6 is 0 Å². The molecule has 1 aliphatic carbocycles. The second-order valence-corrected chi connectivity index (χ2v) is 4.14. The Kier molecular flexibility index (Phi) is 2.75. The predicted molar refractivity (Wildman–Crippen MR) is 58.1 cm³/mol. The Hall–Kier alpha value is -0.990. The van der Waals surface area contributed by atoms with Crippen LogP contribution in [0, 0.1) is 0 Å². The van der Waals surface area contributed by atoms with Crippen LogP contribution in [0.4, 0.5) is 5.69 Å². The van der Waals surface area contributed by atoms with Crippen LogP contribution in [-0.4, -0.2) is 9.78 Å². The van der Waals surface area contributed by atoms with Gasteiger partial charge in [-0.15, -0.1) is 0 Å². The van der Waals surface area contributed by atoms with Gasteiger partial charge in [0.1, 0.15) is 0 Å². The number of nitrogens with zero attached hydrogens (tertiary/aromatic N) is 2. The first-order valence-corrected chi connectivity index (χ1v) is 5.64. The van der Waals surface area contributed by atoms with Gasteiger partial charge in [0.05, 0.1) is 17.6 Å². The molecule has 2 rings (SSSR count). The lowest BCUT2D eigenvalue weighted by atomic mass is 9.86. The van der Waals surface area contributed by atoms with Crippen molar-refractivity contribution in [3.05, 3.63) is 11.9 Å². The van der Waals surface area contributed by atoms with E-state index in [9.17, 15) is 0 Å². The van der Waals surface area contributed by atoms with Crippen molar-refractivity contribution in [3.63, 3.8) is 0 Å². The van der Waals surface area contributed by atoms with Crippen molar-refractivity contribution in [2.75, 3.05) is 5.73 Å². The van der Waals surface area contributed by atoms with Crippen LogP contribution < -0.4 is 5.73 Å². The van der Waals surface area contributed by atoms with Crippen LogP contribution in [0.25, 0.3) is 0 Å². The zero-order chi connectivity index (χ0) is 9.97. The first-order chi connectivity index (χ1) is 6.83. The molecule has 0 saturated heterocycles. The smallest absolute Gasteiger partial charge is 0.0735 e. The van der Waals surface area contributed by atoms with Crippen molar-refractivity contribution in [2.45, 2.75) is 51.5 Å². The summed E-state index contributed by atoms with van der Waals surface area (Å²) >= 11 is 0. The normalized spacial score (nSPS) is 18.6. The van der Waals surface area contributed by atoms with E-state index < -0.39 is 0 Å². The third kappa shape index (κ3) is 1.63. The molecule has 3 nitrogen and oxygen atoms in total. The molecule has 1 aliphatic rings. The molecule has 1 fully saturated rings. The molecule has 2 N–H and O–H groups in total. The fraction of sp³-hybridized carbons (Fsp3) is 0.727. The van der Waals surface area contributed by atoms with Crippen molar-refractivity contribution in [1.29, 1.82) is 0 Å². The minimum absolute atomic E-state index is 0.659. The summed E-state index contributed by atoms with van der Waals surface area (Å²) in [5.41, 5.74) is 8.14. The minimum Gasteiger partial charge on any atom is -0.396 e. The number of hydrogen-bond acceptors (Lipinski definition) is 2. The Morgan fingerprint density at radius 3 is 2.79 bits per heavy atom. The van der Waals surface area contributed by atoms with Crippen LogP contribution in [-0.2, 0) is 6.54 Å². The van der Waals surface area contributed by atoms with E-state index in [-0.39, 0.29) is 0 Å². The minimum atomic E-state index is 0.659. The molecule has 0 aromatic carbocycles. The summed E-state index contributed by atoms with van der Waals surface area (Å²) in [5, 5.41) is 4.30. The predicted octanol–water partition coefficient (Wildman–Crippen LogP) is 2.53. The van der Waals surface area contributed by atoms with Crippen LogP contribution in [0.2, 0.25) is 0 Å². The Balaban J connectivity index is 2.23. The quantitative estimate of drug-likeness (QED) is 0.784. The van der Waals surface area contributed by atoms with E-state index in [1.807, 2.05) is 0 Å². The van der Waals surface area contributed by atoms with Crippen molar-refractivity contribution in [1.82, 2.24) is 9.78 Å². The average molecular weight is 193 g/mol. The van der Waals surface area contributed by atoms with Gasteiger partial charge in [0, 0.05) is 12.5 Å². The number of anilines is 1. The van der Waals surface area contributed by atoms with Gasteiger partial charge < -0.3 is 5.73 Å². The van der Waals surface area contributed by atoms with Gasteiger partial charge in [-0.3, -0.25) is 4.68 Å². The molecule has 1 heterocycles. The maximum absolute atomic E-state index is 5.96. The molecule has 1 saturated carbocycles. The van der Waals surface area contributed by atoms with E-state index in [0.717, 1.165) is 12.2 Å². The maximum Gasteiger partial charge on any atom is 0.0735 e. The van der Waals surface area contributed by atoms with Crippen LogP contribution in [0.1, 0.15) is 50.6 Å². The topological polar surface area (TPSA) is 43.8 Å². The first kappa shape index (κ1) is 9.56. The molecule has 14 heavy (non-hydrogen) atoms. The summed E-state index contributed by atoms with van der Waals surface area (Å²) in [7, 11) is 0. The van der Waals surface area contributed by atoms with Gasteiger partial charge in [-0.1, -0.05) is 19.3 Å². The van der Waals surface area contributed by atoms with Crippen LogP contribution in [0.5, 0.6) is 0 Å². The molecule has 3 heteroatoms. The van der Waals surface area contributed by atoms with E-state index in [4.69, 9.17) is 5.73 Å². The van der Waals surface area contributed by atoms with Gasteiger partial charge in [0.2, 0.25) is 0 Å². The Morgan fingerprint density at radius 1 is 1.43 bits per heavy atom. The molecule has 0 bridgehead atoms. The number of aromatic nitrogens is 2. The molecule has 78 valence electrons. The van der Waals surface area contributed by atoms with Crippen LogP contribution in [0.15, 0.2) is 6.20 Å². The number of nitrogen functional groups attached to an aromatic ring is 1. The molecule has 0 radical (unpaired) electrons. The lowest BCUT2D eigenvalue weighted by Gasteiger charge is -2.22. The summed E-state index contributed by atoms with van der Waals surface area (Å²) in [6.07, 6.45) is 8.45. The molecular weight excluding hydrogens is 174 g/mol. The van der Waals surface area contributed by atoms with E-state index >= 15 is 0 Å². The SMILES string of the molecule is CCn1ncc(N)c1C1CCCCC1. The van der Waals surface area contributed by atoms with Gasteiger partial charge in [-0.2, -0.15) is 5.10 Å². The molecule has 1 aromatic heterocycles. The van der Waals surface area contributed by atoms with E-state index in [0.29, 0.717) is 5.92 Å². The van der Waals surface area contributed by atoms with E-state index in [1.165, 1.54) is 37.8 Å². The lowest BCUT2D eigenvalue weighted by molar-refractivity contribution is 0.419. The van der Waals surface area contributed by atoms with Gasteiger partial charge in [0.25, 0.3) is 0 Å². The molecule has 0 amide bonds. The second-order valence-electron chi connectivity index (χ2n) is 4.14. The molecular formula is C11H19N3. The highest BCUT2D eigenvalue weighted by molar-refractivity contribution is 5.43. The highest BCUT2D eigenvalue weighted by Crippen LogP contribution is 2.35. The standard InChI is InChI=1S/C11H19N3/c1-2-14-11(10(12)8-13-14)9-6-4-3-5-7-9/h8-9H,2-7,12H2,1H3. The van der Waals surface area contributed by atoms with Crippen molar-refractivity contribution in [2.24, 2.45) is 0 Å². The Morgan fingerprint density at radius 2 is 2.14 bits per heavy atom. The van der Waals surface area contributed by atoms with Gasteiger partial charge >= 0.3 is 0 Å². The number of nitrogens with two attached hydrogens (primary N) is 1. The Bertz CT molecular complexity index is 297. The highest BCUT2D eigenvalue weighted by atomic mass is 15.3. The van der Waals surface area contributed by atoms with Crippen molar-refractivity contribution >= 4 is 5.69 Å². The monoisotopic (exact) mass is 193 g/mol. The third-order valence-corrected chi connectivity index (χ3v) is 3.20. The van der Waals surface area contributed by atoms with Crippen molar-refractivity contribution in [3.8, 4) is 0 Å². The Labute approximate surface area is 85.3 Å². The average Bonchev–Trinajstić information content (AvgIpc) is 2.61. The van der Waals surface area contributed by atoms with Gasteiger partial charge in [-0.05, 0) is 19.8 Å². The molecule has 1 aromatic rings. The fourth-order valence-electron chi connectivity index (χ4n) is 2.48. The second kappa shape index (κ2) is 4.03. The fourth-order valence-corrected chi connectivity index (χ4v) is 2.48. The maximum atomic E-state index is 5.96. The zero-order valence-electron chi connectivity index (χ0n) is 8.87. The first-order valence-electron chi connectivity index (χ1n) is 5.64. The zero-order valence-corrected chi connectivity index (χ0v) is 8.87. The molecule has 0 atom stereocenters. The summed E-state index contributed by atoms with van der Waals surface area (Å²) in [5.74, 6) is 0.659. The molecule has 0 unspecified atom stereocenters. The third-order valence-electron chi connectivity index (χ3n) is 3.20. The number of rotatable bonds is 2. The number of hydrogen-bond donors (Lipinski definition) is 1. The summed E-state index contributed by atoms with van der Waals surface area (Å²) < 4.78 is 2.06. The van der Waals surface area contributed by atoms with Crippen molar-refractivity contribution < 1.29 is 0 Å². The molecule has 0 spiro atoms. The van der Waals surface area contributed by atoms with Gasteiger partial charge in [0.15, 0.2) is 0 Å². The van der Waals surface area contributed by atoms with E-state index in [1.54, 1.807) is 6.20 Å². The summed E-state index contributed by atoms with van der Waals surface area (Å²) in [6, 6.07) is 0.